The molecule has 1 aromatic carbocycles. The molecule has 124 valence electrons. The summed E-state index contributed by atoms with van der Waals surface area (Å²) >= 11 is 0. The van der Waals surface area contributed by atoms with E-state index in [4.69, 9.17) is 14.2 Å². The Balaban J connectivity index is 2.26. The third kappa shape index (κ3) is 5.63. The second-order valence-electron chi connectivity index (χ2n) is 5.46. The van der Waals surface area contributed by atoms with E-state index in [1.807, 2.05) is 20.8 Å². The van der Waals surface area contributed by atoms with Crippen LogP contribution in [0.1, 0.15) is 39.0 Å². The molecule has 0 heterocycles. The Morgan fingerprint density at radius 2 is 1.91 bits per heavy atom. The number of carbonyl (C=O) groups is 1. The zero-order valence-corrected chi connectivity index (χ0v) is 13.2. The van der Waals surface area contributed by atoms with Crippen molar-refractivity contribution >= 4 is 5.97 Å². The first-order valence-corrected chi connectivity index (χ1v) is 7.21. The molecule has 6 heteroatoms. The molecule has 0 aliphatic carbocycles. The van der Waals surface area contributed by atoms with Crippen LogP contribution in [0.25, 0.3) is 0 Å². The number of carbonyl (C=O) groups excluding carboxylic acids is 1. The van der Waals surface area contributed by atoms with E-state index in [9.17, 15) is 15.0 Å². The summed E-state index contributed by atoms with van der Waals surface area (Å²) in [6, 6.07) is 6.56. The fraction of sp³-hybridized carbons (Fsp3) is 0.562. The summed E-state index contributed by atoms with van der Waals surface area (Å²) in [5.41, 5.74) is -0.227. The van der Waals surface area contributed by atoms with Crippen LogP contribution in [0.5, 0.6) is 5.75 Å². The average molecular weight is 312 g/mol. The molecule has 0 fully saturated rings. The summed E-state index contributed by atoms with van der Waals surface area (Å²) in [6.07, 6.45) is -0.899. The molecule has 0 bridgehead atoms. The molecule has 1 aromatic rings. The Labute approximate surface area is 130 Å². The molecule has 6 nitrogen and oxygen atoms in total. The van der Waals surface area contributed by atoms with Gasteiger partial charge >= 0.3 is 5.97 Å². The Kier molecular flexibility index (Phi) is 7.31. The van der Waals surface area contributed by atoms with Crippen molar-refractivity contribution < 1.29 is 29.2 Å². The highest BCUT2D eigenvalue weighted by atomic mass is 16.7. The lowest BCUT2D eigenvalue weighted by Crippen LogP contribution is -2.27. The number of aliphatic hydroxyl groups is 2. The van der Waals surface area contributed by atoms with E-state index in [1.54, 1.807) is 24.3 Å². The van der Waals surface area contributed by atoms with Gasteiger partial charge in [-0.05, 0) is 26.3 Å². The van der Waals surface area contributed by atoms with E-state index in [0.717, 1.165) is 0 Å². The van der Waals surface area contributed by atoms with Crippen molar-refractivity contribution in [2.45, 2.75) is 33.5 Å². The van der Waals surface area contributed by atoms with E-state index in [2.05, 4.69) is 0 Å². The third-order valence-electron chi connectivity index (χ3n) is 3.39. The molecule has 0 amide bonds. The van der Waals surface area contributed by atoms with Crippen molar-refractivity contribution in [2.75, 3.05) is 20.0 Å². The summed E-state index contributed by atoms with van der Waals surface area (Å²) in [5.74, 6) is 0.0786. The maximum absolute atomic E-state index is 11.7. The summed E-state index contributed by atoms with van der Waals surface area (Å²) in [6.45, 7) is 5.87. The van der Waals surface area contributed by atoms with Crippen molar-refractivity contribution in [3.05, 3.63) is 29.8 Å². The maximum Gasteiger partial charge on any atom is 0.311 e. The number of para-hydroxylation sites is 1. The minimum absolute atomic E-state index is 0.0710. The predicted molar refractivity (Wildman–Crippen MR) is 80.1 cm³/mol. The number of hydrogen-bond acceptors (Lipinski definition) is 6. The molecule has 0 spiro atoms. The van der Waals surface area contributed by atoms with Gasteiger partial charge < -0.3 is 24.4 Å². The molecule has 0 unspecified atom stereocenters. The van der Waals surface area contributed by atoms with E-state index >= 15 is 0 Å². The maximum atomic E-state index is 11.7. The summed E-state index contributed by atoms with van der Waals surface area (Å²) in [4.78, 5) is 11.7. The smallest absolute Gasteiger partial charge is 0.311 e. The number of aliphatic hydroxyl groups excluding tert-OH is 1. The van der Waals surface area contributed by atoms with Gasteiger partial charge in [0.05, 0.1) is 12.0 Å². The van der Waals surface area contributed by atoms with Crippen molar-refractivity contribution in [3.63, 3.8) is 0 Å². The van der Waals surface area contributed by atoms with E-state index < -0.39 is 11.7 Å². The second kappa shape index (κ2) is 8.73. The van der Waals surface area contributed by atoms with Gasteiger partial charge in [0, 0.05) is 5.56 Å². The summed E-state index contributed by atoms with van der Waals surface area (Å²) in [5, 5.41) is 18.4. The fourth-order valence-corrected chi connectivity index (χ4v) is 1.52. The normalized spacial score (nSPS) is 11.5. The lowest BCUT2D eigenvalue weighted by molar-refractivity contribution is -0.156. The van der Waals surface area contributed by atoms with Crippen LogP contribution in [0.15, 0.2) is 24.3 Å². The monoisotopic (exact) mass is 312 g/mol. The van der Waals surface area contributed by atoms with Gasteiger partial charge in [0.1, 0.15) is 12.4 Å². The lowest BCUT2D eigenvalue weighted by atomic mass is 9.91. The van der Waals surface area contributed by atoms with Crippen LogP contribution in [0.2, 0.25) is 0 Å². The van der Waals surface area contributed by atoms with Crippen LogP contribution in [0.4, 0.5) is 0 Å². The average Bonchev–Trinajstić information content (AvgIpc) is 2.50. The van der Waals surface area contributed by atoms with Gasteiger partial charge in [-0.1, -0.05) is 25.1 Å². The highest BCUT2D eigenvalue weighted by molar-refractivity contribution is 5.75. The Bertz CT molecular complexity index is 469. The minimum Gasteiger partial charge on any atom is -0.467 e. The molecule has 0 radical (unpaired) electrons. The van der Waals surface area contributed by atoms with Crippen molar-refractivity contribution in [3.8, 4) is 5.75 Å². The van der Waals surface area contributed by atoms with Crippen LogP contribution in [0, 0.1) is 5.41 Å². The molecule has 0 atom stereocenters. The number of ether oxygens (including phenoxy) is 3. The quantitative estimate of drug-likeness (QED) is 0.412. The first kappa shape index (κ1) is 18.4. The summed E-state index contributed by atoms with van der Waals surface area (Å²) < 4.78 is 15.6. The number of rotatable bonds is 9. The zero-order valence-electron chi connectivity index (χ0n) is 13.2. The first-order valence-electron chi connectivity index (χ1n) is 7.21. The highest BCUT2D eigenvalue weighted by Gasteiger charge is 2.26. The standard InChI is InChI=1S/C16H24O6/c1-4-16(2,3)15(19)21-10-9-20-11-22-13-8-6-5-7-12(13)14(17)18/h5-8,14,17-18H,4,9-11H2,1-3H3. The Hall–Kier alpha value is -1.63. The van der Waals surface area contributed by atoms with Crippen LogP contribution < -0.4 is 4.74 Å². The molecule has 2 N–H and O–H groups in total. The SMILES string of the molecule is CCC(C)(C)C(=O)OCCOCOc1ccccc1C(O)O. The van der Waals surface area contributed by atoms with Crippen LogP contribution in [-0.4, -0.2) is 36.2 Å². The van der Waals surface area contributed by atoms with Crippen LogP contribution in [0.3, 0.4) is 0 Å². The molecular formula is C16H24O6. The van der Waals surface area contributed by atoms with Gasteiger partial charge in [0.15, 0.2) is 13.1 Å². The number of hydrogen-bond donors (Lipinski definition) is 2. The van der Waals surface area contributed by atoms with E-state index in [0.29, 0.717) is 12.2 Å². The van der Waals surface area contributed by atoms with Gasteiger partial charge in [0.25, 0.3) is 0 Å². The van der Waals surface area contributed by atoms with Gasteiger partial charge in [-0.3, -0.25) is 4.79 Å². The van der Waals surface area contributed by atoms with Gasteiger partial charge in [-0.25, -0.2) is 0 Å². The third-order valence-corrected chi connectivity index (χ3v) is 3.39. The minimum atomic E-state index is -1.60. The molecule has 0 saturated heterocycles. The molecule has 0 aromatic heterocycles. The largest absolute Gasteiger partial charge is 0.467 e. The van der Waals surface area contributed by atoms with Crippen molar-refractivity contribution in [2.24, 2.45) is 5.41 Å². The topological polar surface area (TPSA) is 85.2 Å². The van der Waals surface area contributed by atoms with Gasteiger partial charge in [0.2, 0.25) is 0 Å². The first-order chi connectivity index (χ1) is 10.4. The van der Waals surface area contributed by atoms with E-state index in [1.165, 1.54) is 0 Å². The Morgan fingerprint density at radius 3 is 2.55 bits per heavy atom. The predicted octanol–water partition coefficient (Wildman–Crippen LogP) is 2.00. The molecular weight excluding hydrogens is 288 g/mol. The van der Waals surface area contributed by atoms with Crippen LogP contribution >= 0.6 is 0 Å². The molecule has 0 aliphatic heterocycles. The molecule has 1 rings (SSSR count). The molecule has 0 aliphatic rings. The summed E-state index contributed by atoms with van der Waals surface area (Å²) in [7, 11) is 0. The number of benzene rings is 1. The van der Waals surface area contributed by atoms with Crippen LogP contribution in [-0.2, 0) is 14.3 Å². The van der Waals surface area contributed by atoms with E-state index in [-0.39, 0.29) is 31.5 Å². The number of esters is 1. The Morgan fingerprint density at radius 1 is 1.23 bits per heavy atom. The zero-order chi connectivity index (χ0) is 16.6. The van der Waals surface area contributed by atoms with Gasteiger partial charge in [-0.15, -0.1) is 0 Å². The molecule has 22 heavy (non-hydrogen) atoms. The van der Waals surface area contributed by atoms with Gasteiger partial charge in [-0.2, -0.15) is 0 Å². The highest BCUT2D eigenvalue weighted by Crippen LogP contribution is 2.23. The van der Waals surface area contributed by atoms with Crippen molar-refractivity contribution in [1.82, 2.24) is 0 Å². The molecule has 0 saturated carbocycles. The van der Waals surface area contributed by atoms with Crippen molar-refractivity contribution in [1.29, 1.82) is 0 Å². The fourth-order valence-electron chi connectivity index (χ4n) is 1.52. The lowest BCUT2D eigenvalue weighted by Gasteiger charge is -2.20. The second-order valence-corrected chi connectivity index (χ2v) is 5.46.